The number of carbonyl (C=O) groups excluding carboxylic acids is 3. The molecule has 2 fully saturated rings. The van der Waals surface area contributed by atoms with Gasteiger partial charge in [-0.2, -0.15) is 13.2 Å². The lowest BCUT2D eigenvalue weighted by Crippen LogP contribution is -2.54. The number of alkyl halides is 5. The van der Waals surface area contributed by atoms with Gasteiger partial charge in [-0.25, -0.2) is 8.78 Å². The van der Waals surface area contributed by atoms with Crippen molar-refractivity contribution in [3.05, 3.63) is 55.9 Å². The van der Waals surface area contributed by atoms with Crippen LogP contribution >= 0.6 is 15.9 Å². The highest BCUT2D eigenvalue weighted by molar-refractivity contribution is 9.10. The van der Waals surface area contributed by atoms with Crippen molar-refractivity contribution in [3.63, 3.8) is 0 Å². The van der Waals surface area contributed by atoms with Crippen molar-refractivity contribution in [3.8, 4) is 0 Å². The van der Waals surface area contributed by atoms with Crippen LogP contribution in [0.2, 0.25) is 0 Å². The summed E-state index contributed by atoms with van der Waals surface area (Å²) in [7, 11) is 0. The van der Waals surface area contributed by atoms with Crippen molar-refractivity contribution < 1.29 is 41.4 Å². The van der Waals surface area contributed by atoms with E-state index in [1.807, 2.05) is 0 Å². The van der Waals surface area contributed by atoms with Crippen molar-refractivity contribution in [2.75, 3.05) is 63.1 Å². The van der Waals surface area contributed by atoms with Gasteiger partial charge < -0.3 is 35.4 Å². The Labute approximate surface area is 250 Å². The van der Waals surface area contributed by atoms with E-state index in [-0.39, 0.29) is 48.7 Å². The van der Waals surface area contributed by atoms with E-state index in [0.29, 0.717) is 15.1 Å². The van der Waals surface area contributed by atoms with E-state index >= 15 is 8.78 Å². The lowest BCUT2D eigenvalue weighted by Gasteiger charge is -2.35. The standard InChI is InChI=1S/C26H28BrF5N6O5/c1-14-6-15(7-20(40)34-14)23(42)38-10-19(25(28,29)12-38)35-22-17(8-16(27)9-18(22)33-2-5-39)24(43)36-3-4-37(21(41)11-36)13-26(30,31)32/h6-9,19,33,35,39H,2-5,10-13H2,1H3,(H,34,40)/t19-/m0/s1. The molecule has 2 aliphatic rings. The summed E-state index contributed by atoms with van der Waals surface area (Å²) < 4.78 is 69.5. The number of anilines is 2. The molecule has 1 aromatic heterocycles. The number of nitrogens with one attached hydrogen (secondary N) is 3. The highest BCUT2D eigenvalue weighted by Crippen LogP contribution is 2.37. The smallest absolute Gasteiger partial charge is 0.395 e. The highest BCUT2D eigenvalue weighted by atomic mass is 79.9. The van der Waals surface area contributed by atoms with Crippen molar-refractivity contribution >= 4 is 45.0 Å². The molecule has 1 aromatic carbocycles. The third-order valence-electron chi connectivity index (χ3n) is 6.88. The van der Waals surface area contributed by atoms with Gasteiger partial charge in [0.1, 0.15) is 19.1 Å². The molecule has 4 rings (SSSR count). The predicted molar refractivity (Wildman–Crippen MR) is 148 cm³/mol. The molecule has 43 heavy (non-hydrogen) atoms. The van der Waals surface area contributed by atoms with Crippen LogP contribution in [0.25, 0.3) is 0 Å². The molecule has 0 saturated carbocycles. The Balaban J connectivity index is 1.62. The van der Waals surface area contributed by atoms with Gasteiger partial charge in [-0.15, -0.1) is 0 Å². The highest BCUT2D eigenvalue weighted by Gasteiger charge is 2.50. The molecule has 0 spiro atoms. The Bertz CT molecular complexity index is 1470. The number of benzene rings is 1. The minimum Gasteiger partial charge on any atom is -0.395 e. The molecular weight excluding hydrogens is 651 g/mol. The van der Waals surface area contributed by atoms with Gasteiger partial charge in [0.2, 0.25) is 11.5 Å². The monoisotopic (exact) mass is 678 g/mol. The fourth-order valence-electron chi connectivity index (χ4n) is 4.95. The van der Waals surface area contributed by atoms with E-state index < -0.39 is 67.6 Å². The van der Waals surface area contributed by atoms with Crippen LogP contribution in [0.3, 0.4) is 0 Å². The number of nitrogens with zero attached hydrogens (tertiary/aromatic N) is 3. The molecule has 0 aliphatic carbocycles. The van der Waals surface area contributed by atoms with E-state index in [2.05, 4.69) is 31.5 Å². The molecule has 1 atom stereocenters. The number of H-pyrrole nitrogens is 1. The van der Waals surface area contributed by atoms with Crippen molar-refractivity contribution in [2.45, 2.75) is 25.1 Å². The lowest BCUT2D eigenvalue weighted by atomic mass is 10.1. The van der Waals surface area contributed by atoms with Gasteiger partial charge in [0, 0.05) is 48.0 Å². The summed E-state index contributed by atoms with van der Waals surface area (Å²) in [6.45, 7) is -3.05. The third kappa shape index (κ3) is 7.62. The Morgan fingerprint density at radius 2 is 1.84 bits per heavy atom. The molecule has 3 heterocycles. The van der Waals surface area contributed by atoms with Crippen LogP contribution in [0, 0.1) is 6.92 Å². The lowest BCUT2D eigenvalue weighted by molar-refractivity contribution is -0.164. The summed E-state index contributed by atoms with van der Waals surface area (Å²) in [5.74, 6) is -6.01. The first-order valence-corrected chi connectivity index (χ1v) is 13.8. The van der Waals surface area contributed by atoms with Crippen molar-refractivity contribution in [2.24, 2.45) is 0 Å². The number of rotatable bonds is 8. The quantitative estimate of drug-likeness (QED) is 0.315. The third-order valence-corrected chi connectivity index (χ3v) is 7.34. The fourth-order valence-corrected chi connectivity index (χ4v) is 5.41. The number of likely N-dealkylation sites (tertiary alicyclic amines) is 1. The Morgan fingerprint density at radius 3 is 2.47 bits per heavy atom. The number of piperazine rings is 1. The van der Waals surface area contributed by atoms with Gasteiger partial charge in [-0.05, 0) is 25.1 Å². The van der Waals surface area contributed by atoms with Gasteiger partial charge in [0.15, 0.2) is 0 Å². The average Bonchev–Trinajstić information content (AvgIpc) is 3.21. The minimum atomic E-state index is -4.62. The Hall–Kier alpha value is -3.73. The van der Waals surface area contributed by atoms with Crippen molar-refractivity contribution in [1.82, 2.24) is 19.7 Å². The maximum Gasteiger partial charge on any atom is 0.406 e. The number of aromatic amines is 1. The number of hydrogen-bond acceptors (Lipinski definition) is 7. The maximum atomic E-state index is 15.3. The summed E-state index contributed by atoms with van der Waals surface area (Å²) in [6.07, 6.45) is -4.62. The first-order chi connectivity index (χ1) is 20.1. The predicted octanol–water partition coefficient (Wildman–Crippen LogP) is 2.27. The van der Waals surface area contributed by atoms with E-state index in [4.69, 9.17) is 0 Å². The number of halogens is 6. The van der Waals surface area contributed by atoms with Crippen molar-refractivity contribution in [1.29, 1.82) is 0 Å². The number of aliphatic hydroxyl groups is 1. The minimum absolute atomic E-state index is 0.0268. The summed E-state index contributed by atoms with van der Waals surface area (Å²) in [5, 5.41) is 14.8. The molecule has 0 radical (unpaired) electrons. The first-order valence-electron chi connectivity index (χ1n) is 13.0. The molecule has 0 unspecified atom stereocenters. The number of aliphatic hydroxyl groups excluding tert-OH is 1. The van der Waals surface area contributed by atoms with Gasteiger partial charge >= 0.3 is 6.18 Å². The van der Waals surface area contributed by atoms with Gasteiger partial charge in [0.05, 0.1) is 30.1 Å². The normalized spacial score (nSPS) is 18.7. The summed E-state index contributed by atoms with van der Waals surface area (Å²) >= 11 is 3.26. The number of aryl methyl sites for hydroxylation is 1. The Morgan fingerprint density at radius 1 is 1.12 bits per heavy atom. The second-order valence-electron chi connectivity index (χ2n) is 10.2. The molecule has 2 aliphatic heterocycles. The zero-order valence-electron chi connectivity index (χ0n) is 22.7. The van der Waals surface area contributed by atoms with Gasteiger partial charge in [0.25, 0.3) is 17.7 Å². The zero-order valence-corrected chi connectivity index (χ0v) is 24.3. The fraction of sp³-hybridized carbons (Fsp3) is 0.462. The van der Waals surface area contributed by atoms with Crippen LogP contribution in [0.15, 0.2) is 33.5 Å². The average molecular weight is 679 g/mol. The number of carbonyl (C=O) groups is 3. The topological polar surface area (TPSA) is 138 Å². The molecule has 3 amide bonds. The molecule has 2 saturated heterocycles. The van der Waals surface area contributed by atoms with E-state index in [0.717, 1.165) is 15.9 Å². The van der Waals surface area contributed by atoms with E-state index in [1.165, 1.54) is 25.1 Å². The largest absolute Gasteiger partial charge is 0.406 e. The summed E-state index contributed by atoms with van der Waals surface area (Å²) in [5.41, 5.74) is -0.418. The molecule has 17 heteroatoms. The van der Waals surface area contributed by atoms with Gasteiger partial charge in [-0.1, -0.05) is 15.9 Å². The van der Waals surface area contributed by atoms with Crippen LogP contribution in [0.5, 0.6) is 0 Å². The number of hydrogen-bond donors (Lipinski definition) is 4. The molecule has 234 valence electrons. The SMILES string of the molecule is Cc1cc(C(=O)N2C[C@H](Nc3c(NCCO)cc(Br)cc3C(=O)N3CCN(CC(F)(F)F)C(=O)C3)C(F)(F)C2)cc(=O)[nH]1. The second kappa shape index (κ2) is 12.5. The number of aromatic nitrogens is 1. The van der Waals surface area contributed by atoms with Crippen LogP contribution in [0.1, 0.15) is 26.4 Å². The number of pyridine rings is 1. The van der Waals surface area contributed by atoms with Gasteiger partial charge in [-0.3, -0.25) is 19.2 Å². The molecule has 4 N–H and O–H groups in total. The Kier molecular flexibility index (Phi) is 9.34. The van der Waals surface area contributed by atoms with E-state index in [9.17, 15) is 37.5 Å². The number of amides is 3. The van der Waals surface area contributed by atoms with Crippen LogP contribution in [-0.4, -0.2) is 113 Å². The first kappa shape index (κ1) is 32.2. The van der Waals surface area contributed by atoms with Crippen LogP contribution in [-0.2, 0) is 4.79 Å². The molecule has 2 aromatic rings. The molecule has 11 nitrogen and oxygen atoms in total. The van der Waals surface area contributed by atoms with Crippen LogP contribution < -0.4 is 16.2 Å². The zero-order chi connectivity index (χ0) is 31.7. The second-order valence-corrected chi connectivity index (χ2v) is 11.2. The van der Waals surface area contributed by atoms with E-state index in [1.54, 1.807) is 0 Å². The summed E-state index contributed by atoms with van der Waals surface area (Å²) in [6, 6.07) is 3.45. The summed E-state index contributed by atoms with van der Waals surface area (Å²) in [4.78, 5) is 55.8. The van der Waals surface area contributed by atoms with Crippen LogP contribution in [0.4, 0.5) is 33.3 Å². The molecule has 0 bridgehead atoms. The molecular formula is C26H28BrF5N6O5. The maximum absolute atomic E-state index is 15.3.